The molecule has 0 spiro atoms. The predicted octanol–water partition coefficient (Wildman–Crippen LogP) is 3.23. The molecule has 5 heteroatoms. The van der Waals surface area contributed by atoms with Crippen LogP contribution in [0.2, 0.25) is 5.02 Å². The summed E-state index contributed by atoms with van der Waals surface area (Å²) in [6, 6.07) is 16.7. The topological polar surface area (TPSA) is 58.2 Å². The Hall–Kier alpha value is -2.33. The zero-order chi connectivity index (χ0) is 16.2. The lowest BCUT2D eigenvalue weighted by molar-refractivity contribution is -0.125. The molecule has 0 radical (unpaired) electrons. The van der Waals surface area contributed by atoms with E-state index in [1.165, 1.54) is 0 Å². The number of hydrogen-bond acceptors (Lipinski definition) is 2. The number of benzene rings is 2. The van der Waals surface area contributed by atoms with Gasteiger partial charge in [0.25, 0.3) is 0 Å². The molecule has 0 heterocycles. The van der Waals surface area contributed by atoms with Crippen molar-refractivity contribution >= 4 is 29.1 Å². The summed E-state index contributed by atoms with van der Waals surface area (Å²) in [4.78, 5) is 24.2. The lowest BCUT2D eigenvalue weighted by Crippen LogP contribution is -2.27. The van der Waals surface area contributed by atoms with E-state index in [1.54, 1.807) is 24.3 Å². The van der Waals surface area contributed by atoms with Gasteiger partial charge in [0, 0.05) is 17.3 Å². The summed E-state index contributed by atoms with van der Waals surface area (Å²) in [7, 11) is 0. The fraction of sp³-hybridized carbons (Fsp3) is 0.222. The molecule has 1 saturated carbocycles. The number of nitrogens with one attached hydrogen (secondary N) is 2. The second-order valence-corrected chi connectivity index (χ2v) is 6.09. The predicted molar refractivity (Wildman–Crippen MR) is 90.0 cm³/mol. The maximum atomic E-state index is 12.1. The molecular weight excluding hydrogens is 312 g/mol. The highest BCUT2D eigenvalue weighted by Gasteiger charge is 2.47. The number of carbonyl (C=O) groups excluding carboxylic acids is 2. The second-order valence-electron chi connectivity index (χ2n) is 5.65. The van der Waals surface area contributed by atoms with E-state index in [2.05, 4.69) is 10.6 Å². The monoisotopic (exact) mass is 328 g/mol. The summed E-state index contributed by atoms with van der Waals surface area (Å²) >= 11 is 5.89. The van der Waals surface area contributed by atoms with Crippen LogP contribution >= 0.6 is 11.6 Å². The van der Waals surface area contributed by atoms with Crippen LogP contribution in [0.5, 0.6) is 0 Å². The first-order valence-corrected chi connectivity index (χ1v) is 7.89. The Morgan fingerprint density at radius 2 is 1.74 bits per heavy atom. The number of carbonyl (C=O) groups is 2. The van der Waals surface area contributed by atoms with Gasteiger partial charge in [-0.2, -0.15) is 0 Å². The number of anilines is 1. The lowest BCUT2D eigenvalue weighted by atomic mass is 10.2. The van der Waals surface area contributed by atoms with Gasteiger partial charge in [-0.3, -0.25) is 9.59 Å². The summed E-state index contributed by atoms with van der Waals surface area (Å²) in [5, 5.41) is 6.24. The smallest absolute Gasteiger partial charge is 0.228 e. The highest BCUT2D eigenvalue weighted by atomic mass is 35.5. The summed E-state index contributed by atoms with van der Waals surface area (Å²) in [6.07, 6.45) is 0.590. The summed E-state index contributed by atoms with van der Waals surface area (Å²) in [5.41, 5.74) is 1.69. The molecule has 2 N–H and O–H groups in total. The van der Waals surface area contributed by atoms with Crippen molar-refractivity contribution in [1.82, 2.24) is 5.32 Å². The zero-order valence-corrected chi connectivity index (χ0v) is 13.2. The van der Waals surface area contributed by atoms with E-state index in [-0.39, 0.29) is 23.7 Å². The first-order chi connectivity index (χ1) is 11.1. The second kappa shape index (κ2) is 6.84. The van der Waals surface area contributed by atoms with E-state index in [9.17, 15) is 9.59 Å². The number of rotatable bonds is 5. The van der Waals surface area contributed by atoms with Crippen LogP contribution in [0.25, 0.3) is 0 Å². The van der Waals surface area contributed by atoms with Gasteiger partial charge in [-0.05, 0) is 30.2 Å². The maximum Gasteiger partial charge on any atom is 0.228 e. The van der Waals surface area contributed by atoms with Crippen LogP contribution in [-0.4, -0.2) is 11.8 Å². The van der Waals surface area contributed by atoms with Crippen molar-refractivity contribution in [2.24, 2.45) is 11.8 Å². The molecule has 2 amide bonds. The van der Waals surface area contributed by atoms with E-state index >= 15 is 0 Å². The van der Waals surface area contributed by atoms with Crippen LogP contribution in [0, 0.1) is 11.8 Å². The number of hydrogen-bond donors (Lipinski definition) is 2. The maximum absolute atomic E-state index is 12.1. The molecular formula is C18H17ClN2O2. The molecule has 0 bridgehead atoms. The van der Waals surface area contributed by atoms with Crippen molar-refractivity contribution in [2.45, 2.75) is 13.0 Å². The Bertz CT molecular complexity index is 718. The number of halogens is 1. The molecule has 3 rings (SSSR count). The molecule has 2 aromatic rings. The van der Waals surface area contributed by atoms with Gasteiger partial charge in [0.15, 0.2) is 0 Å². The number of amides is 2. The van der Waals surface area contributed by atoms with Crippen LogP contribution < -0.4 is 10.6 Å². The van der Waals surface area contributed by atoms with Gasteiger partial charge in [-0.15, -0.1) is 0 Å². The van der Waals surface area contributed by atoms with Gasteiger partial charge in [0.2, 0.25) is 11.8 Å². The van der Waals surface area contributed by atoms with Crippen molar-refractivity contribution in [2.75, 3.05) is 5.32 Å². The van der Waals surface area contributed by atoms with Crippen LogP contribution in [0.1, 0.15) is 12.0 Å². The van der Waals surface area contributed by atoms with Crippen molar-refractivity contribution < 1.29 is 9.59 Å². The van der Waals surface area contributed by atoms with E-state index in [1.807, 2.05) is 30.3 Å². The molecule has 118 valence electrons. The normalized spacial score (nSPS) is 19.0. The van der Waals surface area contributed by atoms with Crippen LogP contribution in [-0.2, 0) is 16.1 Å². The van der Waals surface area contributed by atoms with Gasteiger partial charge in [-0.25, -0.2) is 0 Å². The quantitative estimate of drug-likeness (QED) is 0.885. The first-order valence-electron chi connectivity index (χ1n) is 7.51. The lowest BCUT2D eigenvalue weighted by Gasteiger charge is -2.06. The van der Waals surface area contributed by atoms with E-state index in [0.29, 0.717) is 23.7 Å². The Balaban J connectivity index is 1.48. The van der Waals surface area contributed by atoms with Crippen LogP contribution in [0.15, 0.2) is 54.6 Å². The minimum absolute atomic E-state index is 0.0694. The van der Waals surface area contributed by atoms with Crippen molar-refractivity contribution in [3.05, 3.63) is 65.2 Å². The molecule has 0 saturated heterocycles. The molecule has 1 fully saturated rings. The Labute approximate surface area is 139 Å². The summed E-state index contributed by atoms with van der Waals surface area (Å²) in [5.74, 6) is -0.699. The third kappa shape index (κ3) is 4.11. The van der Waals surface area contributed by atoms with Gasteiger partial charge in [0.05, 0.1) is 11.8 Å². The Kier molecular flexibility index (Phi) is 4.63. The first kappa shape index (κ1) is 15.6. The molecule has 0 aromatic heterocycles. The third-order valence-electron chi connectivity index (χ3n) is 3.87. The molecule has 4 nitrogen and oxygen atoms in total. The Morgan fingerprint density at radius 1 is 1.00 bits per heavy atom. The molecule has 23 heavy (non-hydrogen) atoms. The summed E-state index contributed by atoms with van der Waals surface area (Å²) < 4.78 is 0. The Morgan fingerprint density at radius 3 is 2.48 bits per heavy atom. The van der Waals surface area contributed by atoms with Gasteiger partial charge >= 0.3 is 0 Å². The molecule has 2 atom stereocenters. The molecule has 2 aromatic carbocycles. The average Bonchev–Trinajstić information content (AvgIpc) is 3.34. The van der Waals surface area contributed by atoms with Crippen molar-refractivity contribution in [3.63, 3.8) is 0 Å². The molecule has 1 aliphatic rings. The van der Waals surface area contributed by atoms with E-state index < -0.39 is 0 Å². The summed E-state index contributed by atoms with van der Waals surface area (Å²) in [6.45, 7) is 0.485. The van der Waals surface area contributed by atoms with E-state index in [4.69, 9.17) is 11.6 Å². The zero-order valence-electron chi connectivity index (χ0n) is 12.5. The average molecular weight is 329 g/mol. The van der Waals surface area contributed by atoms with E-state index in [0.717, 1.165) is 5.56 Å². The van der Waals surface area contributed by atoms with Crippen LogP contribution in [0.3, 0.4) is 0 Å². The van der Waals surface area contributed by atoms with Gasteiger partial charge in [0.1, 0.15) is 0 Å². The van der Waals surface area contributed by atoms with Crippen molar-refractivity contribution in [1.29, 1.82) is 0 Å². The third-order valence-corrected chi connectivity index (χ3v) is 4.10. The van der Waals surface area contributed by atoms with Crippen LogP contribution in [0.4, 0.5) is 5.69 Å². The molecule has 1 aliphatic carbocycles. The minimum Gasteiger partial charge on any atom is -0.352 e. The molecule has 0 aliphatic heterocycles. The van der Waals surface area contributed by atoms with Crippen molar-refractivity contribution in [3.8, 4) is 0 Å². The van der Waals surface area contributed by atoms with Gasteiger partial charge < -0.3 is 10.6 Å². The van der Waals surface area contributed by atoms with Gasteiger partial charge in [-0.1, -0.05) is 48.0 Å². The SMILES string of the molecule is O=C(NCc1ccccc1)C1CC1C(=O)Nc1cccc(Cl)c1. The largest absolute Gasteiger partial charge is 0.352 e. The highest BCUT2D eigenvalue weighted by Crippen LogP contribution is 2.39. The highest BCUT2D eigenvalue weighted by molar-refractivity contribution is 6.30. The minimum atomic E-state index is -0.259. The molecule has 2 unspecified atom stereocenters. The standard InChI is InChI=1S/C18H17ClN2O2/c19-13-7-4-8-14(9-13)21-18(23)16-10-15(16)17(22)20-11-12-5-2-1-3-6-12/h1-9,15-16H,10-11H2,(H,20,22)(H,21,23). The fourth-order valence-electron chi connectivity index (χ4n) is 2.49. The fourth-order valence-corrected chi connectivity index (χ4v) is 2.68.